The highest BCUT2D eigenvalue weighted by Crippen LogP contribution is 2.30. The summed E-state index contributed by atoms with van der Waals surface area (Å²) >= 11 is 0. The molecule has 0 saturated carbocycles. The van der Waals surface area contributed by atoms with Gasteiger partial charge in [0.1, 0.15) is 11.7 Å². The lowest BCUT2D eigenvalue weighted by Gasteiger charge is -1.99. The van der Waals surface area contributed by atoms with E-state index in [-0.39, 0.29) is 23.0 Å². The van der Waals surface area contributed by atoms with Crippen LogP contribution in [-0.2, 0) is 0 Å². The van der Waals surface area contributed by atoms with E-state index in [1.807, 2.05) is 0 Å². The number of aryl methyl sites for hydroxylation is 1. The summed E-state index contributed by atoms with van der Waals surface area (Å²) in [7, 11) is 0. The first-order valence-corrected chi connectivity index (χ1v) is 5.26. The molecule has 7 heteroatoms. The minimum absolute atomic E-state index is 0.0290. The van der Waals surface area contributed by atoms with E-state index in [9.17, 15) is 15.2 Å². The lowest BCUT2D eigenvalue weighted by molar-refractivity contribution is -0.384. The predicted octanol–water partition coefficient (Wildman–Crippen LogP) is 2.01. The van der Waals surface area contributed by atoms with Crippen LogP contribution in [0, 0.1) is 17.0 Å². The van der Waals surface area contributed by atoms with Crippen LogP contribution in [0.25, 0.3) is 11.5 Å². The standard InChI is InChI=1S/C11H11N3O4/c1-6-3-4-9(14(16)17)8(5-6)11-12-10(7(2)15)13-18-11/h3-5,7,15H,1-2H3. The van der Waals surface area contributed by atoms with Crippen molar-refractivity contribution >= 4 is 5.69 Å². The van der Waals surface area contributed by atoms with Crippen molar-refractivity contribution in [3.05, 3.63) is 39.7 Å². The zero-order chi connectivity index (χ0) is 13.3. The average Bonchev–Trinajstić information content (AvgIpc) is 2.77. The third-order valence-corrected chi connectivity index (χ3v) is 2.39. The van der Waals surface area contributed by atoms with E-state index < -0.39 is 11.0 Å². The third kappa shape index (κ3) is 2.21. The van der Waals surface area contributed by atoms with Crippen LogP contribution in [0.5, 0.6) is 0 Å². The van der Waals surface area contributed by atoms with Crippen molar-refractivity contribution in [3.63, 3.8) is 0 Å². The molecule has 18 heavy (non-hydrogen) atoms. The van der Waals surface area contributed by atoms with Crippen molar-refractivity contribution < 1.29 is 14.6 Å². The minimum atomic E-state index is -0.883. The Kier molecular flexibility index (Phi) is 3.07. The number of hydrogen-bond acceptors (Lipinski definition) is 6. The van der Waals surface area contributed by atoms with E-state index in [0.29, 0.717) is 0 Å². The highest BCUT2D eigenvalue weighted by atomic mass is 16.6. The molecule has 0 aliphatic rings. The Hall–Kier alpha value is -2.28. The van der Waals surface area contributed by atoms with Crippen LogP contribution >= 0.6 is 0 Å². The molecular formula is C11H11N3O4. The molecule has 0 radical (unpaired) electrons. The second-order valence-corrected chi connectivity index (χ2v) is 3.91. The summed E-state index contributed by atoms with van der Waals surface area (Å²) < 4.78 is 4.93. The van der Waals surface area contributed by atoms with Crippen molar-refractivity contribution in [3.8, 4) is 11.5 Å². The van der Waals surface area contributed by atoms with Gasteiger partial charge in [-0.15, -0.1) is 0 Å². The fourth-order valence-electron chi connectivity index (χ4n) is 1.49. The number of nitro groups is 1. The first-order valence-electron chi connectivity index (χ1n) is 5.26. The Labute approximate surface area is 102 Å². The molecule has 1 N–H and O–H groups in total. The quantitative estimate of drug-likeness (QED) is 0.659. The van der Waals surface area contributed by atoms with Gasteiger partial charge in [-0.25, -0.2) is 0 Å². The van der Waals surface area contributed by atoms with Crippen molar-refractivity contribution in [2.75, 3.05) is 0 Å². The van der Waals surface area contributed by atoms with Gasteiger partial charge in [0.2, 0.25) is 0 Å². The van der Waals surface area contributed by atoms with Gasteiger partial charge in [-0.05, 0) is 25.5 Å². The average molecular weight is 249 g/mol. The summed E-state index contributed by atoms with van der Waals surface area (Å²) in [4.78, 5) is 14.3. The highest BCUT2D eigenvalue weighted by Gasteiger charge is 2.21. The summed E-state index contributed by atoms with van der Waals surface area (Å²) in [5.41, 5.74) is 0.980. The van der Waals surface area contributed by atoms with Crippen LogP contribution in [0.2, 0.25) is 0 Å². The predicted molar refractivity (Wildman–Crippen MR) is 61.8 cm³/mol. The summed E-state index contributed by atoms with van der Waals surface area (Å²) in [5, 5.41) is 23.8. The zero-order valence-electron chi connectivity index (χ0n) is 9.82. The first kappa shape index (κ1) is 12.2. The molecule has 0 amide bonds. The number of rotatable bonds is 3. The Balaban J connectivity index is 2.54. The topological polar surface area (TPSA) is 102 Å². The Bertz CT molecular complexity index is 592. The maximum absolute atomic E-state index is 10.9. The van der Waals surface area contributed by atoms with Gasteiger partial charge in [-0.1, -0.05) is 11.2 Å². The van der Waals surface area contributed by atoms with Gasteiger partial charge < -0.3 is 9.63 Å². The molecule has 2 aromatic rings. The molecule has 1 atom stereocenters. The molecular weight excluding hydrogens is 238 g/mol. The third-order valence-electron chi connectivity index (χ3n) is 2.39. The lowest BCUT2D eigenvalue weighted by atomic mass is 10.1. The van der Waals surface area contributed by atoms with E-state index >= 15 is 0 Å². The summed E-state index contributed by atoms with van der Waals surface area (Å²) in [6.07, 6.45) is -0.883. The van der Waals surface area contributed by atoms with Crippen LogP contribution in [0.4, 0.5) is 5.69 Å². The fraction of sp³-hybridized carbons (Fsp3) is 0.273. The number of benzene rings is 1. The van der Waals surface area contributed by atoms with E-state index in [1.54, 1.807) is 19.1 Å². The molecule has 0 fully saturated rings. The summed E-state index contributed by atoms with van der Waals surface area (Å²) in [5.74, 6) is 0.127. The van der Waals surface area contributed by atoms with Gasteiger partial charge in [-0.2, -0.15) is 4.98 Å². The normalized spacial score (nSPS) is 12.4. The number of nitrogens with zero attached hydrogens (tertiary/aromatic N) is 3. The maximum Gasteiger partial charge on any atom is 0.282 e. The smallest absolute Gasteiger partial charge is 0.282 e. The number of nitro benzene ring substituents is 1. The van der Waals surface area contributed by atoms with Crippen LogP contribution < -0.4 is 0 Å². The molecule has 94 valence electrons. The van der Waals surface area contributed by atoms with Gasteiger partial charge in [0.05, 0.1) is 4.92 Å². The molecule has 0 aliphatic heterocycles. The molecule has 0 spiro atoms. The number of hydrogen-bond donors (Lipinski definition) is 1. The van der Waals surface area contributed by atoms with E-state index in [1.165, 1.54) is 13.0 Å². The second-order valence-electron chi connectivity index (χ2n) is 3.91. The Morgan fingerprint density at radius 1 is 1.50 bits per heavy atom. The Morgan fingerprint density at radius 3 is 2.78 bits per heavy atom. The lowest BCUT2D eigenvalue weighted by Crippen LogP contribution is -1.95. The molecule has 1 unspecified atom stereocenters. The molecule has 0 saturated heterocycles. The molecule has 1 aromatic heterocycles. The van der Waals surface area contributed by atoms with E-state index in [4.69, 9.17) is 4.52 Å². The minimum Gasteiger partial charge on any atom is -0.385 e. The van der Waals surface area contributed by atoms with Gasteiger partial charge in [-0.3, -0.25) is 10.1 Å². The zero-order valence-corrected chi connectivity index (χ0v) is 9.82. The Morgan fingerprint density at radius 2 is 2.22 bits per heavy atom. The van der Waals surface area contributed by atoms with Crippen molar-refractivity contribution in [2.45, 2.75) is 20.0 Å². The van der Waals surface area contributed by atoms with Gasteiger partial charge in [0.25, 0.3) is 11.6 Å². The van der Waals surface area contributed by atoms with Gasteiger partial charge in [0.15, 0.2) is 5.82 Å². The highest BCUT2D eigenvalue weighted by molar-refractivity contribution is 5.67. The van der Waals surface area contributed by atoms with E-state index in [2.05, 4.69) is 10.1 Å². The second kappa shape index (κ2) is 4.53. The molecule has 2 rings (SSSR count). The number of aliphatic hydroxyl groups is 1. The molecule has 1 heterocycles. The number of aliphatic hydroxyl groups excluding tert-OH is 1. The van der Waals surface area contributed by atoms with Crippen LogP contribution in [-0.4, -0.2) is 20.2 Å². The summed E-state index contributed by atoms with van der Waals surface area (Å²) in [6.45, 7) is 3.29. The summed E-state index contributed by atoms with van der Waals surface area (Å²) in [6, 6.07) is 4.61. The molecule has 0 aliphatic carbocycles. The van der Waals surface area contributed by atoms with Gasteiger partial charge in [0, 0.05) is 6.07 Å². The largest absolute Gasteiger partial charge is 0.385 e. The van der Waals surface area contributed by atoms with Crippen molar-refractivity contribution in [1.82, 2.24) is 10.1 Å². The van der Waals surface area contributed by atoms with Crippen LogP contribution in [0.15, 0.2) is 22.7 Å². The monoisotopic (exact) mass is 249 g/mol. The van der Waals surface area contributed by atoms with Gasteiger partial charge >= 0.3 is 0 Å². The fourth-order valence-corrected chi connectivity index (χ4v) is 1.49. The van der Waals surface area contributed by atoms with Crippen molar-refractivity contribution in [2.24, 2.45) is 0 Å². The molecule has 1 aromatic carbocycles. The van der Waals surface area contributed by atoms with Crippen molar-refractivity contribution in [1.29, 1.82) is 0 Å². The first-order chi connectivity index (χ1) is 8.49. The molecule has 7 nitrogen and oxygen atoms in total. The SMILES string of the molecule is Cc1ccc([N+](=O)[O-])c(-c2nc(C(C)O)no2)c1. The molecule has 0 bridgehead atoms. The van der Waals surface area contributed by atoms with E-state index in [0.717, 1.165) is 5.56 Å². The van der Waals surface area contributed by atoms with Crippen LogP contribution in [0.3, 0.4) is 0 Å². The maximum atomic E-state index is 10.9. The van der Waals surface area contributed by atoms with Crippen LogP contribution in [0.1, 0.15) is 24.4 Å². The number of aromatic nitrogens is 2.